The van der Waals surface area contributed by atoms with E-state index in [4.69, 9.17) is 4.42 Å². The second-order valence-corrected chi connectivity index (χ2v) is 5.17. The lowest BCUT2D eigenvalue weighted by atomic mass is 10.1. The summed E-state index contributed by atoms with van der Waals surface area (Å²) >= 11 is 2.67. The Kier molecular flexibility index (Phi) is 2.82. The van der Waals surface area contributed by atoms with Crippen molar-refractivity contribution in [3.63, 3.8) is 0 Å². The molecule has 0 aliphatic heterocycles. The molecule has 0 fully saturated rings. The van der Waals surface area contributed by atoms with Crippen LogP contribution in [0.4, 0.5) is 13.2 Å². The van der Waals surface area contributed by atoms with Crippen molar-refractivity contribution in [1.82, 2.24) is 0 Å². The molecule has 5 heteroatoms. The number of rotatable bonds is 1. The summed E-state index contributed by atoms with van der Waals surface area (Å²) in [7, 11) is 0. The van der Waals surface area contributed by atoms with Crippen molar-refractivity contribution in [3.05, 3.63) is 48.0 Å². The zero-order chi connectivity index (χ0) is 13.6. The number of benzene rings is 2. The molecule has 1 nitrogen and oxygen atoms in total. The van der Waals surface area contributed by atoms with Crippen LogP contribution in [0.15, 0.2) is 46.9 Å². The molecule has 1 heterocycles. The fraction of sp³-hybridized carbons (Fsp3) is 0.143. The van der Waals surface area contributed by atoms with Crippen LogP contribution in [0.5, 0.6) is 0 Å². The van der Waals surface area contributed by atoms with Crippen LogP contribution < -0.4 is 0 Å². The number of hydrogen-bond donors (Lipinski definition) is 0. The van der Waals surface area contributed by atoms with Gasteiger partial charge in [0.25, 0.3) is 0 Å². The van der Waals surface area contributed by atoms with E-state index >= 15 is 0 Å². The molecule has 98 valence electrons. The molecule has 0 amide bonds. The maximum absolute atomic E-state index is 12.7. The van der Waals surface area contributed by atoms with Gasteiger partial charge in [-0.2, -0.15) is 13.2 Å². The van der Waals surface area contributed by atoms with Gasteiger partial charge in [-0.3, -0.25) is 0 Å². The van der Waals surface area contributed by atoms with E-state index in [-0.39, 0.29) is 5.56 Å². The Morgan fingerprint density at radius 1 is 0.947 bits per heavy atom. The summed E-state index contributed by atoms with van der Waals surface area (Å²) in [4.78, 5) is -1.68. The first-order chi connectivity index (χ1) is 8.97. The molecule has 0 aliphatic carbocycles. The summed E-state index contributed by atoms with van der Waals surface area (Å²) in [6, 6.07) is 11.9. The van der Waals surface area contributed by atoms with Crippen molar-refractivity contribution in [2.45, 2.75) is 11.0 Å². The Bertz CT molecular complexity index is 745. The molecule has 19 heavy (non-hydrogen) atoms. The van der Waals surface area contributed by atoms with Crippen molar-refractivity contribution in [2.75, 3.05) is 0 Å². The second kappa shape index (κ2) is 4.27. The smallest absolute Gasteiger partial charge is 0.405 e. The van der Waals surface area contributed by atoms with Gasteiger partial charge in [0.05, 0.1) is 0 Å². The van der Waals surface area contributed by atoms with Crippen LogP contribution in [0.2, 0.25) is 0 Å². The molecular weight excluding hydrogens is 321 g/mol. The van der Waals surface area contributed by atoms with Gasteiger partial charge < -0.3 is 4.42 Å². The molecule has 1 aromatic heterocycles. The molecule has 0 radical (unpaired) electrons. The molecule has 0 spiro atoms. The standard InChI is InChI=1S/C14H8BrF3O/c15-13(14(16,17)18)8-5-6-10-9-3-1-2-4-11(9)19-12(10)7-8/h1-7,13H. The summed E-state index contributed by atoms with van der Waals surface area (Å²) in [6.07, 6.45) is -4.32. The van der Waals surface area contributed by atoms with E-state index in [1.807, 2.05) is 18.2 Å². The highest BCUT2D eigenvalue weighted by Crippen LogP contribution is 2.41. The van der Waals surface area contributed by atoms with Gasteiger partial charge in [0.2, 0.25) is 0 Å². The number of furan rings is 1. The van der Waals surface area contributed by atoms with Crippen molar-refractivity contribution < 1.29 is 17.6 Å². The fourth-order valence-electron chi connectivity index (χ4n) is 2.09. The third kappa shape index (κ3) is 2.12. The summed E-state index contributed by atoms with van der Waals surface area (Å²) in [6.45, 7) is 0. The van der Waals surface area contributed by atoms with E-state index < -0.39 is 11.0 Å². The van der Waals surface area contributed by atoms with Gasteiger partial charge in [0, 0.05) is 10.8 Å². The van der Waals surface area contributed by atoms with E-state index in [1.54, 1.807) is 12.1 Å². The van der Waals surface area contributed by atoms with E-state index in [0.29, 0.717) is 11.2 Å². The second-order valence-electron chi connectivity index (χ2n) is 4.26. The predicted molar refractivity (Wildman–Crippen MR) is 71.4 cm³/mol. The Labute approximate surface area is 115 Å². The Hall–Kier alpha value is -1.49. The largest absolute Gasteiger partial charge is 0.456 e. The van der Waals surface area contributed by atoms with Crippen LogP contribution in [0, 0.1) is 0 Å². The number of fused-ring (bicyclic) bond motifs is 3. The number of hydrogen-bond acceptors (Lipinski definition) is 1. The summed E-state index contributed by atoms with van der Waals surface area (Å²) in [5.74, 6) is 0. The molecule has 2 aromatic carbocycles. The Morgan fingerprint density at radius 3 is 2.37 bits per heavy atom. The highest BCUT2D eigenvalue weighted by Gasteiger charge is 2.38. The zero-order valence-corrected chi connectivity index (χ0v) is 11.1. The number of para-hydroxylation sites is 1. The van der Waals surface area contributed by atoms with Crippen LogP contribution in [0.3, 0.4) is 0 Å². The molecular formula is C14H8BrF3O. The van der Waals surface area contributed by atoms with Crippen LogP contribution in [0.1, 0.15) is 10.4 Å². The average molecular weight is 329 g/mol. The van der Waals surface area contributed by atoms with Crippen molar-refractivity contribution in [2.24, 2.45) is 0 Å². The highest BCUT2D eigenvalue weighted by atomic mass is 79.9. The average Bonchev–Trinajstić information content (AvgIpc) is 2.74. The monoisotopic (exact) mass is 328 g/mol. The maximum Gasteiger partial charge on any atom is 0.405 e. The third-order valence-corrected chi connectivity index (χ3v) is 4.03. The van der Waals surface area contributed by atoms with E-state index in [0.717, 1.165) is 10.8 Å². The Balaban J connectivity index is 2.19. The third-order valence-electron chi connectivity index (χ3n) is 2.98. The zero-order valence-electron chi connectivity index (χ0n) is 9.54. The van der Waals surface area contributed by atoms with Gasteiger partial charge in [-0.15, -0.1) is 0 Å². The minimum Gasteiger partial charge on any atom is -0.456 e. The molecule has 0 saturated heterocycles. The topological polar surface area (TPSA) is 13.1 Å². The first-order valence-electron chi connectivity index (χ1n) is 5.59. The fourth-order valence-corrected chi connectivity index (χ4v) is 2.37. The molecule has 0 N–H and O–H groups in total. The highest BCUT2D eigenvalue weighted by molar-refractivity contribution is 9.09. The first kappa shape index (κ1) is 12.5. The lowest BCUT2D eigenvalue weighted by molar-refractivity contribution is -0.128. The van der Waals surface area contributed by atoms with Gasteiger partial charge in [-0.1, -0.05) is 46.3 Å². The van der Waals surface area contributed by atoms with Crippen LogP contribution in [-0.4, -0.2) is 6.18 Å². The predicted octanol–water partition coefficient (Wildman–Crippen LogP) is 5.58. The minimum atomic E-state index is -4.32. The summed E-state index contributed by atoms with van der Waals surface area (Å²) in [5, 5.41) is 1.73. The van der Waals surface area contributed by atoms with Crippen molar-refractivity contribution in [3.8, 4) is 0 Å². The van der Waals surface area contributed by atoms with Crippen LogP contribution in [-0.2, 0) is 0 Å². The quantitative estimate of drug-likeness (QED) is 0.531. The number of halogens is 4. The van der Waals surface area contributed by atoms with Crippen LogP contribution >= 0.6 is 15.9 Å². The first-order valence-corrected chi connectivity index (χ1v) is 6.50. The van der Waals surface area contributed by atoms with Crippen molar-refractivity contribution in [1.29, 1.82) is 0 Å². The molecule has 0 saturated carbocycles. The van der Waals surface area contributed by atoms with Gasteiger partial charge in [0.1, 0.15) is 16.0 Å². The lowest BCUT2D eigenvalue weighted by Gasteiger charge is -2.13. The number of alkyl halides is 4. The van der Waals surface area contributed by atoms with Crippen LogP contribution in [0.25, 0.3) is 21.9 Å². The van der Waals surface area contributed by atoms with Gasteiger partial charge in [-0.25, -0.2) is 0 Å². The van der Waals surface area contributed by atoms with E-state index in [1.165, 1.54) is 12.1 Å². The van der Waals surface area contributed by atoms with Gasteiger partial charge >= 0.3 is 6.18 Å². The minimum absolute atomic E-state index is 0.138. The van der Waals surface area contributed by atoms with Crippen molar-refractivity contribution >= 4 is 37.9 Å². The SMILES string of the molecule is FC(F)(F)C(Br)c1ccc2c(c1)oc1ccccc12. The van der Waals surface area contributed by atoms with E-state index in [9.17, 15) is 13.2 Å². The van der Waals surface area contributed by atoms with Gasteiger partial charge in [0.15, 0.2) is 0 Å². The lowest BCUT2D eigenvalue weighted by Crippen LogP contribution is -2.14. The molecule has 1 atom stereocenters. The molecule has 3 aromatic rings. The maximum atomic E-state index is 12.7. The summed E-state index contributed by atoms with van der Waals surface area (Å²) < 4.78 is 43.6. The molecule has 3 rings (SSSR count). The Morgan fingerprint density at radius 2 is 1.63 bits per heavy atom. The van der Waals surface area contributed by atoms with Gasteiger partial charge in [-0.05, 0) is 17.7 Å². The van der Waals surface area contributed by atoms with E-state index in [2.05, 4.69) is 15.9 Å². The molecule has 1 unspecified atom stereocenters. The molecule has 0 aliphatic rings. The summed E-state index contributed by atoms with van der Waals surface area (Å²) in [5.41, 5.74) is 1.28. The molecule has 0 bridgehead atoms. The normalized spacial score (nSPS) is 14.1.